The van der Waals surface area contributed by atoms with Gasteiger partial charge in [0.05, 0.1) is 7.11 Å². The highest BCUT2D eigenvalue weighted by Crippen LogP contribution is 2.16. The average Bonchev–Trinajstić information content (AvgIpc) is 2.35. The molecule has 0 aromatic carbocycles. The van der Waals surface area contributed by atoms with Crippen molar-refractivity contribution in [2.75, 3.05) is 19.0 Å². The van der Waals surface area contributed by atoms with Crippen LogP contribution in [0.25, 0.3) is 0 Å². The van der Waals surface area contributed by atoms with Gasteiger partial charge in [-0.2, -0.15) is 4.98 Å². The maximum absolute atomic E-state index is 11.7. The number of anilines is 1. The Morgan fingerprint density at radius 2 is 2.33 bits per heavy atom. The molecule has 1 heterocycles. The van der Waals surface area contributed by atoms with E-state index >= 15 is 0 Å². The van der Waals surface area contributed by atoms with Crippen molar-refractivity contribution in [1.82, 2.24) is 9.97 Å². The van der Waals surface area contributed by atoms with Gasteiger partial charge in [-0.1, -0.05) is 24.9 Å². The zero-order valence-corrected chi connectivity index (χ0v) is 11.2. The maximum Gasteiger partial charge on any atom is 0.234 e. The van der Waals surface area contributed by atoms with Crippen molar-refractivity contribution in [2.45, 2.75) is 19.8 Å². The summed E-state index contributed by atoms with van der Waals surface area (Å²) in [4.78, 5) is 19.6. The summed E-state index contributed by atoms with van der Waals surface area (Å²) in [7, 11) is 1.46. The fraction of sp³-hybridized carbons (Fsp3) is 0.545. The lowest BCUT2D eigenvalue weighted by atomic mass is 10.0. The fourth-order valence-corrected chi connectivity index (χ4v) is 1.56. The van der Waals surface area contributed by atoms with Crippen LogP contribution in [0.15, 0.2) is 6.07 Å². The van der Waals surface area contributed by atoms with Crippen LogP contribution >= 0.6 is 11.6 Å². The van der Waals surface area contributed by atoms with Crippen LogP contribution < -0.4 is 15.8 Å². The van der Waals surface area contributed by atoms with Gasteiger partial charge in [-0.05, 0) is 12.5 Å². The molecule has 0 spiro atoms. The lowest BCUT2D eigenvalue weighted by Gasteiger charge is -2.11. The summed E-state index contributed by atoms with van der Waals surface area (Å²) in [6, 6.07) is 1.46. The van der Waals surface area contributed by atoms with Crippen LogP contribution in [0.4, 0.5) is 5.95 Å². The number of aromatic nitrogens is 2. The molecule has 1 unspecified atom stereocenters. The largest absolute Gasteiger partial charge is 0.481 e. The van der Waals surface area contributed by atoms with E-state index in [4.69, 9.17) is 22.1 Å². The van der Waals surface area contributed by atoms with Crippen molar-refractivity contribution in [3.8, 4) is 5.88 Å². The molecule has 0 aliphatic heterocycles. The second kappa shape index (κ2) is 7.13. The first-order chi connectivity index (χ1) is 8.58. The van der Waals surface area contributed by atoms with Crippen LogP contribution in [-0.4, -0.2) is 29.5 Å². The Hall–Kier alpha value is -1.40. The number of hydrogen-bond donors (Lipinski definition) is 2. The molecular formula is C11H17ClN4O2. The number of nitrogens with two attached hydrogens (primary N) is 1. The van der Waals surface area contributed by atoms with Gasteiger partial charge in [0.2, 0.25) is 17.7 Å². The van der Waals surface area contributed by atoms with Gasteiger partial charge in [-0.15, -0.1) is 0 Å². The van der Waals surface area contributed by atoms with E-state index in [-0.39, 0.29) is 22.9 Å². The van der Waals surface area contributed by atoms with Gasteiger partial charge in [0.1, 0.15) is 5.15 Å². The van der Waals surface area contributed by atoms with Gasteiger partial charge in [0.15, 0.2) is 0 Å². The molecular weight excluding hydrogens is 256 g/mol. The molecule has 1 atom stereocenters. The topological polar surface area (TPSA) is 90.1 Å². The predicted octanol–water partition coefficient (Wildman–Crippen LogP) is 1.45. The van der Waals surface area contributed by atoms with E-state index in [0.717, 1.165) is 6.42 Å². The Bertz CT molecular complexity index is 410. The average molecular weight is 273 g/mol. The second-order valence-electron chi connectivity index (χ2n) is 3.82. The number of ether oxygens (including phenoxy) is 1. The van der Waals surface area contributed by atoms with E-state index in [9.17, 15) is 4.79 Å². The number of amides is 1. The maximum atomic E-state index is 11.7. The summed E-state index contributed by atoms with van der Waals surface area (Å²) >= 11 is 5.77. The van der Waals surface area contributed by atoms with Gasteiger partial charge >= 0.3 is 0 Å². The normalized spacial score (nSPS) is 12.0. The number of nitrogens with one attached hydrogen (secondary N) is 1. The third-order valence-corrected chi connectivity index (χ3v) is 2.71. The first kappa shape index (κ1) is 14.7. The third-order valence-electron chi connectivity index (χ3n) is 2.52. The van der Waals surface area contributed by atoms with Crippen molar-refractivity contribution < 1.29 is 9.53 Å². The quantitative estimate of drug-likeness (QED) is 0.765. The molecule has 0 saturated carbocycles. The Morgan fingerprint density at radius 3 is 2.89 bits per heavy atom. The summed E-state index contributed by atoms with van der Waals surface area (Å²) in [6.45, 7) is 2.47. The van der Waals surface area contributed by atoms with Crippen molar-refractivity contribution in [2.24, 2.45) is 11.7 Å². The van der Waals surface area contributed by atoms with Gasteiger partial charge < -0.3 is 10.5 Å². The SMILES string of the molecule is CCC(CN)CC(=O)Nc1nc(Cl)cc(OC)n1. The molecule has 1 aromatic heterocycles. The molecule has 6 nitrogen and oxygen atoms in total. The molecule has 0 aliphatic rings. The molecule has 18 heavy (non-hydrogen) atoms. The molecule has 0 aliphatic carbocycles. The molecule has 1 aromatic rings. The number of rotatable bonds is 6. The zero-order chi connectivity index (χ0) is 13.5. The highest BCUT2D eigenvalue weighted by atomic mass is 35.5. The van der Waals surface area contributed by atoms with Gasteiger partial charge in [-0.25, -0.2) is 4.98 Å². The Kier molecular flexibility index (Phi) is 5.80. The van der Waals surface area contributed by atoms with Crippen molar-refractivity contribution in [3.63, 3.8) is 0 Å². The summed E-state index contributed by atoms with van der Waals surface area (Å²) in [5.41, 5.74) is 5.54. The fourth-order valence-electron chi connectivity index (χ4n) is 1.39. The first-order valence-electron chi connectivity index (χ1n) is 5.67. The second-order valence-corrected chi connectivity index (χ2v) is 4.21. The van der Waals surface area contributed by atoms with Gasteiger partial charge in [-0.3, -0.25) is 10.1 Å². The summed E-state index contributed by atoms with van der Waals surface area (Å²) in [5, 5.41) is 2.79. The molecule has 0 bridgehead atoms. The van der Waals surface area contributed by atoms with Crippen LogP contribution in [0.2, 0.25) is 5.15 Å². The van der Waals surface area contributed by atoms with Crippen LogP contribution in [0.3, 0.4) is 0 Å². The highest BCUT2D eigenvalue weighted by Gasteiger charge is 2.12. The predicted molar refractivity (Wildman–Crippen MR) is 69.7 cm³/mol. The van der Waals surface area contributed by atoms with E-state index in [0.29, 0.717) is 18.8 Å². The summed E-state index contributed by atoms with van der Waals surface area (Å²) < 4.78 is 4.93. The number of methoxy groups -OCH3 is 1. The highest BCUT2D eigenvalue weighted by molar-refractivity contribution is 6.29. The van der Waals surface area contributed by atoms with Gasteiger partial charge in [0, 0.05) is 12.5 Å². The Labute approximate surface area is 111 Å². The van der Waals surface area contributed by atoms with E-state index in [1.807, 2.05) is 6.92 Å². The first-order valence-corrected chi connectivity index (χ1v) is 6.05. The minimum Gasteiger partial charge on any atom is -0.481 e. The van der Waals surface area contributed by atoms with Crippen molar-refractivity contribution in [3.05, 3.63) is 11.2 Å². The summed E-state index contributed by atoms with van der Waals surface area (Å²) in [6.07, 6.45) is 1.19. The lowest BCUT2D eigenvalue weighted by molar-refractivity contribution is -0.117. The van der Waals surface area contributed by atoms with Gasteiger partial charge in [0.25, 0.3) is 0 Å². The van der Waals surface area contributed by atoms with Crippen LogP contribution in [0, 0.1) is 5.92 Å². The molecule has 7 heteroatoms. The van der Waals surface area contributed by atoms with E-state index < -0.39 is 0 Å². The lowest BCUT2D eigenvalue weighted by Crippen LogP contribution is -2.22. The number of nitrogens with zero attached hydrogens (tertiary/aromatic N) is 2. The Morgan fingerprint density at radius 1 is 1.61 bits per heavy atom. The monoisotopic (exact) mass is 272 g/mol. The number of carbonyl (C=O) groups is 1. The van der Waals surface area contributed by atoms with E-state index in [2.05, 4.69) is 15.3 Å². The standard InChI is InChI=1S/C11H17ClN4O2/c1-3-7(6-13)4-9(17)15-11-14-8(12)5-10(16-11)18-2/h5,7H,3-4,6,13H2,1-2H3,(H,14,15,16,17). The number of halogens is 1. The molecule has 1 rings (SSSR count). The minimum absolute atomic E-state index is 0.135. The van der Waals surface area contributed by atoms with Crippen molar-refractivity contribution in [1.29, 1.82) is 0 Å². The van der Waals surface area contributed by atoms with E-state index in [1.165, 1.54) is 13.2 Å². The Balaban J connectivity index is 2.66. The molecule has 1 amide bonds. The van der Waals surface area contributed by atoms with Crippen LogP contribution in [0.5, 0.6) is 5.88 Å². The number of carbonyl (C=O) groups excluding carboxylic acids is 1. The minimum atomic E-state index is -0.184. The van der Waals surface area contributed by atoms with E-state index in [1.54, 1.807) is 0 Å². The van der Waals surface area contributed by atoms with Crippen LogP contribution in [-0.2, 0) is 4.79 Å². The van der Waals surface area contributed by atoms with Crippen molar-refractivity contribution >= 4 is 23.5 Å². The smallest absolute Gasteiger partial charge is 0.234 e. The molecule has 100 valence electrons. The third kappa shape index (κ3) is 4.46. The number of hydrogen-bond acceptors (Lipinski definition) is 5. The van der Waals surface area contributed by atoms with Crippen LogP contribution in [0.1, 0.15) is 19.8 Å². The zero-order valence-electron chi connectivity index (χ0n) is 10.4. The molecule has 0 radical (unpaired) electrons. The summed E-state index contributed by atoms with van der Waals surface area (Å²) in [5.74, 6) is 0.412. The molecule has 3 N–H and O–H groups in total. The molecule has 0 fully saturated rings. The molecule has 0 saturated heterocycles.